The number of ether oxygens (including phenoxy) is 1. The number of rotatable bonds is 7. The monoisotopic (exact) mass is 377 g/mol. The van der Waals surface area contributed by atoms with Crippen molar-refractivity contribution in [2.24, 2.45) is 0 Å². The Morgan fingerprint density at radius 1 is 0.926 bits per heavy atom. The van der Waals surface area contributed by atoms with E-state index in [9.17, 15) is 4.79 Å². The van der Waals surface area contributed by atoms with Crippen LogP contribution in [-0.2, 0) is 11.3 Å². The van der Waals surface area contributed by atoms with Gasteiger partial charge in [0.05, 0.1) is 0 Å². The normalized spacial score (nSPS) is 11.6. The number of thioether (sulfide) groups is 1. The van der Waals surface area contributed by atoms with Crippen LogP contribution in [0.1, 0.15) is 12.5 Å². The summed E-state index contributed by atoms with van der Waals surface area (Å²) in [7, 11) is 0. The molecule has 0 bridgehead atoms. The summed E-state index contributed by atoms with van der Waals surface area (Å²) >= 11 is 1.70. The fraction of sp³-hybridized carbons (Fsp3) is 0.174. The Balaban J connectivity index is 1.53. The van der Waals surface area contributed by atoms with Crippen molar-refractivity contribution in [3.05, 3.63) is 84.4 Å². The highest BCUT2D eigenvalue weighted by Gasteiger charge is 2.14. The first kappa shape index (κ1) is 19.1. The molecule has 1 unspecified atom stereocenters. The summed E-state index contributed by atoms with van der Waals surface area (Å²) in [6.45, 7) is 2.26. The van der Waals surface area contributed by atoms with Crippen LogP contribution in [0.25, 0.3) is 11.1 Å². The van der Waals surface area contributed by atoms with E-state index in [2.05, 4.69) is 29.6 Å². The molecule has 0 aliphatic rings. The molecule has 3 aromatic rings. The van der Waals surface area contributed by atoms with Gasteiger partial charge in [-0.15, -0.1) is 11.8 Å². The molecule has 3 rings (SSSR count). The first-order chi connectivity index (χ1) is 13.2. The van der Waals surface area contributed by atoms with E-state index in [0.717, 1.165) is 16.7 Å². The van der Waals surface area contributed by atoms with Crippen molar-refractivity contribution in [3.63, 3.8) is 0 Å². The Kier molecular flexibility index (Phi) is 6.55. The molecule has 3 aromatic carbocycles. The lowest BCUT2D eigenvalue weighted by Crippen LogP contribution is -2.35. The Morgan fingerprint density at radius 2 is 1.56 bits per heavy atom. The number of benzene rings is 3. The molecular weight excluding hydrogens is 354 g/mol. The van der Waals surface area contributed by atoms with Crippen LogP contribution in [0.5, 0.6) is 5.75 Å². The number of hydrogen-bond acceptors (Lipinski definition) is 3. The molecule has 1 N–H and O–H groups in total. The molecule has 27 heavy (non-hydrogen) atoms. The highest BCUT2D eigenvalue weighted by molar-refractivity contribution is 7.98. The molecule has 0 aromatic heterocycles. The molecule has 3 nitrogen and oxygen atoms in total. The minimum Gasteiger partial charge on any atom is -0.481 e. The summed E-state index contributed by atoms with van der Waals surface area (Å²) in [4.78, 5) is 13.5. The minimum atomic E-state index is -0.557. The SMILES string of the molecule is CSc1ccc(CNC(=O)C(C)Oc2ccc(-c3ccccc3)cc2)cc1. The van der Waals surface area contributed by atoms with Gasteiger partial charge in [0.2, 0.25) is 0 Å². The van der Waals surface area contributed by atoms with E-state index in [1.54, 1.807) is 18.7 Å². The molecule has 138 valence electrons. The Morgan fingerprint density at radius 3 is 2.19 bits per heavy atom. The smallest absolute Gasteiger partial charge is 0.261 e. The second kappa shape index (κ2) is 9.28. The van der Waals surface area contributed by atoms with Gasteiger partial charge in [-0.2, -0.15) is 0 Å². The van der Waals surface area contributed by atoms with E-state index in [-0.39, 0.29) is 5.91 Å². The zero-order valence-corrected chi connectivity index (χ0v) is 16.3. The second-order valence-electron chi connectivity index (χ2n) is 6.22. The first-order valence-corrected chi connectivity index (χ1v) is 10.1. The van der Waals surface area contributed by atoms with Crippen LogP contribution < -0.4 is 10.1 Å². The number of hydrogen-bond donors (Lipinski definition) is 1. The van der Waals surface area contributed by atoms with Crippen LogP contribution in [0.4, 0.5) is 0 Å². The van der Waals surface area contributed by atoms with Gasteiger partial charge in [0.1, 0.15) is 5.75 Å². The summed E-state index contributed by atoms with van der Waals surface area (Å²) in [5, 5.41) is 2.92. The van der Waals surface area contributed by atoms with Crippen LogP contribution in [0.3, 0.4) is 0 Å². The number of carbonyl (C=O) groups excluding carboxylic acids is 1. The molecule has 0 fully saturated rings. The Labute approximate surface area is 164 Å². The van der Waals surface area contributed by atoms with Crippen molar-refractivity contribution < 1.29 is 9.53 Å². The second-order valence-corrected chi connectivity index (χ2v) is 7.10. The van der Waals surface area contributed by atoms with Gasteiger partial charge in [0.15, 0.2) is 6.10 Å². The highest BCUT2D eigenvalue weighted by Crippen LogP contribution is 2.22. The Bertz CT molecular complexity index is 861. The van der Waals surface area contributed by atoms with Crippen LogP contribution in [-0.4, -0.2) is 18.3 Å². The van der Waals surface area contributed by atoms with E-state index < -0.39 is 6.10 Å². The van der Waals surface area contributed by atoms with E-state index in [0.29, 0.717) is 12.3 Å². The predicted molar refractivity (Wildman–Crippen MR) is 112 cm³/mol. The van der Waals surface area contributed by atoms with Crippen molar-refractivity contribution in [3.8, 4) is 16.9 Å². The zero-order valence-electron chi connectivity index (χ0n) is 15.5. The minimum absolute atomic E-state index is 0.129. The Hall–Kier alpha value is -2.72. The van der Waals surface area contributed by atoms with Crippen molar-refractivity contribution >= 4 is 17.7 Å². The van der Waals surface area contributed by atoms with Gasteiger partial charge in [-0.05, 0) is 54.1 Å². The van der Waals surface area contributed by atoms with E-state index >= 15 is 0 Å². The van der Waals surface area contributed by atoms with Crippen LogP contribution >= 0.6 is 11.8 Å². The molecule has 1 amide bonds. The quantitative estimate of drug-likeness (QED) is 0.578. The standard InChI is InChI=1S/C23H23NO2S/c1-17(23(25)24-16-18-8-14-22(27-2)15-9-18)26-21-12-10-20(11-13-21)19-6-4-3-5-7-19/h3-15,17H,16H2,1-2H3,(H,24,25). The molecule has 1 atom stereocenters. The van der Waals surface area contributed by atoms with Crippen molar-refractivity contribution in [1.82, 2.24) is 5.32 Å². The maximum atomic E-state index is 12.3. The zero-order chi connectivity index (χ0) is 19.1. The summed E-state index contributed by atoms with van der Waals surface area (Å²) in [5.41, 5.74) is 3.34. The lowest BCUT2D eigenvalue weighted by Gasteiger charge is -2.15. The van der Waals surface area contributed by atoms with Gasteiger partial charge >= 0.3 is 0 Å². The van der Waals surface area contributed by atoms with Gasteiger partial charge in [0.25, 0.3) is 5.91 Å². The number of carbonyl (C=O) groups is 1. The number of nitrogens with one attached hydrogen (secondary N) is 1. The lowest BCUT2D eigenvalue weighted by atomic mass is 10.1. The average Bonchev–Trinajstić information content (AvgIpc) is 2.73. The number of amides is 1. The third kappa shape index (κ3) is 5.38. The van der Waals surface area contributed by atoms with Gasteiger partial charge in [-0.25, -0.2) is 0 Å². The molecule has 0 radical (unpaired) electrons. The van der Waals surface area contributed by atoms with Gasteiger partial charge in [-0.1, -0.05) is 54.6 Å². The molecule has 4 heteroatoms. The lowest BCUT2D eigenvalue weighted by molar-refractivity contribution is -0.127. The third-order valence-corrected chi connectivity index (χ3v) is 5.01. The van der Waals surface area contributed by atoms with Crippen molar-refractivity contribution in [1.29, 1.82) is 0 Å². The molecule has 0 saturated heterocycles. The summed E-state index contributed by atoms with van der Waals surface area (Å²) in [5.74, 6) is 0.553. The van der Waals surface area contributed by atoms with Gasteiger partial charge < -0.3 is 10.1 Å². The first-order valence-electron chi connectivity index (χ1n) is 8.88. The van der Waals surface area contributed by atoms with E-state index in [1.807, 2.05) is 60.9 Å². The maximum Gasteiger partial charge on any atom is 0.261 e. The average molecular weight is 378 g/mol. The molecule has 0 spiro atoms. The van der Waals surface area contributed by atoms with E-state index in [4.69, 9.17) is 4.74 Å². The van der Waals surface area contributed by atoms with Gasteiger partial charge in [-0.3, -0.25) is 4.79 Å². The summed E-state index contributed by atoms with van der Waals surface area (Å²) in [6, 6.07) is 26.1. The topological polar surface area (TPSA) is 38.3 Å². The molecule has 0 aliphatic carbocycles. The van der Waals surface area contributed by atoms with Crippen LogP contribution in [0.2, 0.25) is 0 Å². The van der Waals surface area contributed by atoms with E-state index in [1.165, 1.54) is 4.90 Å². The summed E-state index contributed by atoms with van der Waals surface area (Å²) < 4.78 is 5.78. The predicted octanol–water partition coefficient (Wildman–Crippen LogP) is 5.16. The molecule has 0 aliphatic heterocycles. The molecule has 0 saturated carbocycles. The molecule has 0 heterocycles. The van der Waals surface area contributed by atoms with Gasteiger partial charge in [0, 0.05) is 11.4 Å². The van der Waals surface area contributed by atoms with Crippen molar-refractivity contribution in [2.75, 3.05) is 6.26 Å². The third-order valence-electron chi connectivity index (χ3n) is 4.27. The van der Waals surface area contributed by atoms with Crippen LogP contribution in [0, 0.1) is 0 Å². The van der Waals surface area contributed by atoms with Crippen molar-refractivity contribution in [2.45, 2.75) is 24.5 Å². The summed E-state index contributed by atoms with van der Waals surface area (Å²) in [6.07, 6.45) is 1.49. The fourth-order valence-corrected chi connectivity index (χ4v) is 3.10. The molecular formula is C23H23NO2S. The maximum absolute atomic E-state index is 12.3. The fourth-order valence-electron chi connectivity index (χ4n) is 2.69. The van der Waals surface area contributed by atoms with Crippen LogP contribution in [0.15, 0.2) is 83.8 Å². The largest absolute Gasteiger partial charge is 0.481 e. The highest BCUT2D eigenvalue weighted by atomic mass is 32.2.